The number of nitrogens with zero attached hydrogens (tertiary/aromatic N) is 3. The van der Waals surface area contributed by atoms with E-state index in [1.54, 1.807) is 18.3 Å². The summed E-state index contributed by atoms with van der Waals surface area (Å²) in [6.45, 7) is -0.332. The predicted molar refractivity (Wildman–Crippen MR) is 84.7 cm³/mol. The maximum atomic E-state index is 12.0. The summed E-state index contributed by atoms with van der Waals surface area (Å²) in [5.74, 6) is 5.68. The number of nitrogens with two attached hydrogens (primary N) is 1. The van der Waals surface area contributed by atoms with Crippen LogP contribution in [0.15, 0.2) is 35.4 Å². The first-order valence-electron chi connectivity index (χ1n) is 7.34. The van der Waals surface area contributed by atoms with Crippen LogP contribution < -0.4 is 11.4 Å². The molecule has 1 aliphatic heterocycles. The molecule has 0 bridgehead atoms. The molecule has 2 aromatic rings. The number of aliphatic hydroxyl groups excluding tert-OH is 2. The molecule has 0 saturated carbocycles. The summed E-state index contributed by atoms with van der Waals surface area (Å²) in [5, 5.41) is 18.9. The third-order valence-corrected chi connectivity index (χ3v) is 3.67. The Morgan fingerprint density at radius 1 is 1.42 bits per heavy atom. The predicted octanol–water partition coefficient (Wildman–Crippen LogP) is -0.739. The monoisotopic (exact) mass is 328 g/mol. The highest BCUT2D eigenvalue weighted by atomic mass is 16.5. The van der Waals surface area contributed by atoms with Gasteiger partial charge in [0, 0.05) is 18.8 Å². The number of hydrogen-bond donors (Lipinski definition) is 3. The van der Waals surface area contributed by atoms with E-state index >= 15 is 0 Å². The SMILES string of the molecule is Nc1nc(=O)n([C@H]2C[C@H](O)[C@@H](CO)O2)cc1C#Cc1ccccn1. The van der Waals surface area contributed by atoms with Gasteiger partial charge in [-0.1, -0.05) is 12.0 Å². The highest BCUT2D eigenvalue weighted by molar-refractivity contribution is 5.51. The van der Waals surface area contributed by atoms with Crippen LogP contribution in [0.5, 0.6) is 0 Å². The zero-order valence-electron chi connectivity index (χ0n) is 12.7. The lowest BCUT2D eigenvalue weighted by molar-refractivity contribution is -0.0458. The molecule has 0 radical (unpaired) electrons. The highest BCUT2D eigenvalue weighted by Gasteiger charge is 2.35. The number of pyridine rings is 1. The Kier molecular flexibility index (Phi) is 4.57. The summed E-state index contributed by atoms with van der Waals surface area (Å²) in [6, 6.07) is 5.33. The third-order valence-electron chi connectivity index (χ3n) is 3.67. The van der Waals surface area contributed by atoms with Crippen LogP contribution in [0.3, 0.4) is 0 Å². The van der Waals surface area contributed by atoms with Crippen molar-refractivity contribution in [3.63, 3.8) is 0 Å². The van der Waals surface area contributed by atoms with Crippen molar-refractivity contribution >= 4 is 5.82 Å². The molecule has 8 heteroatoms. The van der Waals surface area contributed by atoms with Gasteiger partial charge in [-0.05, 0) is 18.1 Å². The maximum absolute atomic E-state index is 12.0. The Morgan fingerprint density at radius 3 is 2.92 bits per heavy atom. The Morgan fingerprint density at radius 2 is 2.25 bits per heavy atom. The normalized spacial score (nSPS) is 22.8. The van der Waals surface area contributed by atoms with Crippen LogP contribution in [0, 0.1) is 11.8 Å². The molecule has 0 aromatic carbocycles. The van der Waals surface area contributed by atoms with Gasteiger partial charge in [0.05, 0.1) is 18.3 Å². The number of anilines is 1. The zero-order valence-corrected chi connectivity index (χ0v) is 12.7. The van der Waals surface area contributed by atoms with Crippen molar-refractivity contribution in [1.29, 1.82) is 0 Å². The van der Waals surface area contributed by atoms with Gasteiger partial charge in [-0.2, -0.15) is 4.98 Å². The largest absolute Gasteiger partial charge is 0.394 e. The molecule has 24 heavy (non-hydrogen) atoms. The Bertz CT molecular complexity index is 841. The van der Waals surface area contributed by atoms with Crippen molar-refractivity contribution in [1.82, 2.24) is 14.5 Å². The first kappa shape index (κ1) is 16.1. The van der Waals surface area contributed by atoms with Crippen molar-refractivity contribution < 1.29 is 14.9 Å². The Labute approximate surface area is 137 Å². The molecule has 0 unspecified atom stereocenters. The molecule has 2 aromatic heterocycles. The molecule has 3 rings (SSSR count). The summed E-state index contributed by atoms with van der Waals surface area (Å²) < 4.78 is 6.69. The van der Waals surface area contributed by atoms with Gasteiger partial charge in [0.15, 0.2) is 0 Å². The van der Waals surface area contributed by atoms with Crippen LogP contribution in [-0.2, 0) is 4.74 Å². The van der Waals surface area contributed by atoms with E-state index < -0.39 is 24.1 Å². The van der Waals surface area contributed by atoms with Gasteiger partial charge in [-0.3, -0.25) is 4.57 Å². The second kappa shape index (κ2) is 6.80. The fourth-order valence-corrected chi connectivity index (χ4v) is 2.40. The minimum atomic E-state index is -0.854. The summed E-state index contributed by atoms with van der Waals surface area (Å²) in [4.78, 5) is 19.9. The van der Waals surface area contributed by atoms with Crippen LogP contribution in [0.25, 0.3) is 0 Å². The molecule has 1 fully saturated rings. The summed E-state index contributed by atoms with van der Waals surface area (Å²) in [6.07, 6.45) is 0.917. The molecule has 3 heterocycles. The van der Waals surface area contributed by atoms with E-state index in [1.165, 1.54) is 10.8 Å². The van der Waals surface area contributed by atoms with E-state index in [4.69, 9.17) is 15.6 Å². The summed E-state index contributed by atoms with van der Waals surface area (Å²) >= 11 is 0. The van der Waals surface area contributed by atoms with Crippen LogP contribution in [-0.4, -0.2) is 43.6 Å². The van der Waals surface area contributed by atoms with E-state index in [0.717, 1.165) is 0 Å². The molecule has 0 amide bonds. The average Bonchev–Trinajstić information content (AvgIpc) is 2.95. The Balaban J connectivity index is 1.93. The molecular weight excluding hydrogens is 312 g/mol. The summed E-state index contributed by atoms with van der Waals surface area (Å²) in [5.41, 5.74) is 6.06. The lowest BCUT2D eigenvalue weighted by atomic mass is 10.2. The lowest BCUT2D eigenvalue weighted by Gasteiger charge is -2.14. The Hall–Kier alpha value is -2.73. The minimum absolute atomic E-state index is 0.0111. The molecule has 1 saturated heterocycles. The van der Waals surface area contributed by atoms with Crippen LogP contribution in [0.1, 0.15) is 23.9 Å². The van der Waals surface area contributed by atoms with E-state index in [0.29, 0.717) is 11.3 Å². The second-order valence-corrected chi connectivity index (χ2v) is 5.31. The first-order chi connectivity index (χ1) is 11.6. The fourth-order valence-electron chi connectivity index (χ4n) is 2.40. The van der Waals surface area contributed by atoms with E-state index in [9.17, 15) is 9.90 Å². The number of hydrogen-bond acceptors (Lipinski definition) is 7. The van der Waals surface area contributed by atoms with E-state index in [1.807, 2.05) is 6.07 Å². The van der Waals surface area contributed by atoms with Gasteiger partial charge >= 0.3 is 5.69 Å². The molecule has 1 aliphatic rings. The van der Waals surface area contributed by atoms with E-state index in [-0.39, 0.29) is 18.8 Å². The number of aromatic nitrogens is 3. The molecule has 124 valence electrons. The minimum Gasteiger partial charge on any atom is -0.394 e. The molecule has 0 spiro atoms. The number of aliphatic hydroxyl groups is 2. The second-order valence-electron chi connectivity index (χ2n) is 5.31. The molecule has 0 aliphatic carbocycles. The van der Waals surface area contributed by atoms with Crippen LogP contribution in [0.2, 0.25) is 0 Å². The number of rotatable bonds is 2. The highest BCUT2D eigenvalue weighted by Crippen LogP contribution is 2.27. The van der Waals surface area contributed by atoms with Gasteiger partial charge in [0.25, 0.3) is 0 Å². The van der Waals surface area contributed by atoms with Gasteiger partial charge in [-0.15, -0.1) is 0 Å². The average molecular weight is 328 g/mol. The van der Waals surface area contributed by atoms with Crippen molar-refractivity contribution in [3.05, 3.63) is 52.3 Å². The van der Waals surface area contributed by atoms with Gasteiger partial charge in [0.1, 0.15) is 23.8 Å². The van der Waals surface area contributed by atoms with Crippen molar-refractivity contribution in [2.45, 2.75) is 24.9 Å². The van der Waals surface area contributed by atoms with Crippen molar-refractivity contribution in [2.24, 2.45) is 0 Å². The fraction of sp³-hybridized carbons (Fsp3) is 0.312. The van der Waals surface area contributed by atoms with Gasteiger partial charge in [-0.25, -0.2) is 9.78 Å². The topological polar surface area (TPSA) is 123 Å². The summed E-state index contributed by atoms with van der Waals surface area (Å²) in [7, 11) is 0. The van der Waals surface area contributed by atoms with Gasteiger partial charge in [0.2, 0.25) is 0 Å². The quantitative estimate of drug-likeness (QED) is 0.620. The molecule has 8 nitrogen and oxygen atoms in total. The number of ether oxygens (including phenoxy) is 1. The zero-order chi connectivity index (χ0) is 17.1. The van der Waals surface area contributed by atoms with Gasteiger partial charge < -0.3 is 20.7 Å². The first-order valence-corrected chi connectivity index (χ1v) is 7.34. The lowest BCUT2D eigenvalue weighted by Crippen LogP contribution is -2.28. The van der Waals surface area contributed by atoms with Crippen LogP contribution >= 0.6 is 0 Å². The molecule has 4 N–H and O–H groups in total. The van der Waals surface area contributed by atoms with Crippen LogP contribution in [0.4, 0.5) is 5.82 Å². The third kappa shape index (κ3) is 3.28. The van der Waals surface area contributed by atoms with Crippen molar-refractivity contribution in [3.8, 4) is 11.8 Å². The smallest absolute Gasteiger partial charge is 0.351 e. The standard InChI is InChI=1S/C16H16N4O4/c17-15-10(4-5-11-3-1-2-6-18-11)8-20(16(23)19-15)14-7-12(22)13(9-21)24-14/h1-3,6,8,12-14,21-22H,7,9H2,(H2,17,19,23)/t12-,13+,14+/m0/s1. The maximum Gasteiger partial charge on any atom is 0.351 e. The van der Waals surface area contributed by atoms with E-state index in [2.05, 4.69) is 21.8 Å². The molecule has 3 atom stereocenters. The molecular formula is C16H16N4O4. The van der Waals surface area contributed by atoms with Crippen molar-refractivity contribution in [2.75, 3.05) is 12.3 Å². The number of nitrogen functional groups attached to an aromatic ring is 1.